The van der Waals surface area contributed by atoms with Gasteiger partial charge in [-0.1, -0.05) is 20.8 Å². The highest BCUT2D eigenvalue weighted by atomic mass is 32.2. The van der Waals surface area contributed by atoms with Crippen LogP contribution in [0.5, 0.6) is 0 Å². The van der Waals surface area contributed by atoms with Gasteiger partial charge in [0.15, 0.2) is 0 Å². The van der Waals surface area contributed by atoms with Crippen molar-refractivity contribution >= 4 is 10.2 Å². The molecule has 0 unspecified atom stereocenters. The van der Waals surface area contributed by atoms with Crippen molar-refractivity contribution in [1.82, 2.24) is 8.61 Å². The molecule has 0 radical (unpaired) electrons. The van der Waals surface area contributed by atoms with Crippen LogP contribution in [-0.4, -0.2) is 48.7 Å². The van der Waals surface area contributed by atoms with Gasteiger partial charge in [-0.15, -0.1) is 0 Å². The van der Waals surface area contributed by atoms with E-state index in [-0.39, 0.29) is 5.54 Å². The summed E-state index contributed by atoms with van der Waals surface area (Å²) in [6.07, 6.45) is 0.817. The quantitative estimate of drug-likeness (QED) is 0.729. The van der Waals surface area contributed by atoms with Crippen molar-refractivity contribution in [3.63, 3.8) is 0 Å². The summed E-state index contributed by atoms with van der Waals surface area (Å²) in [6, 6.07) is 0. The first kappa shape index (κ1) is 12.9. The molecule has 1 fully saturated rings. The van der Waals surface area contributed by atoms with Gasteiger partial charge in [0.1, 0.15) is 0 Å². The Labute approximate surface area is 92.4 Å². The Balaban J connectivity index is 2.67. The molecule has 1 saturated heterocycles. The van der Waals surface area contributed by atoms with Gasteiger partial charge in [0.25, 0.3) is 10.2 Å². The van der Waals surface area contributed by atoms with Crippen molar-refractivity contribution in [2.75, 3.05) is 26.2 Å². The highest BCUT2D eigenvalue weighted by molar-refractivity contribution is 7.86. The van der Waals surface area contributed by atoms with Gasteiger partial charge in [0, 0.05) is 31.7 Å². The van der Waals surface area contributed by atoms with Gasteiger partial charge in [0.05, 0.1) is 0 Å². The molecule has 0 aromatic rings. The van der Waals surface area contributed by atoms with Crippen LogP contribution in [-0.2, 0) is 10.2 Å². The van der Waals surface area contributed by atoms with E-state index >= 15 is 0 Å². The lowest BCUT2D eigenvalue weighted by atomic mass is 9.91. The molecule has 5 nitrogen and oxygen atoms in total. The van der Waals surface area contributed by atoms with Crippen LogP contribution >= 0.6 is 0 Å². The van der Waals surface area contributed by atoms with E-state index < -0.39 is 10.2 Å². The number of hydrogen-bond donors (Lipinski definition) is 1. The highest BCUT2D eigenvalue weighted by Crippen LogP contribution is 2.25. The van der Waals surface area contributed by atoms with E-state index in [1.807, 2.05) is 20.8 Å². The molecule has 0 amide bonds. The predicted octanol–water partition coefficient (Wildman–Crippen LogP) is -0.00390. The van der Waals surface area contributed by atoms with Crippen molar-refractivity contribution in [2.24, 2.45) is 5.73 Å². The van der Waals surface area contributed by atoms with E-state index in [1.54, 1.807) is 0 Å². The molecule has 0 aromatic carbocycles. The van der Waals surface area contributed by atoms with E-state index in [2.05, 4.69) is 0 Å². The molecular formula is C9H21N3O2S. The van der Waals surface area contributed by atoms with E-state index in [9.17, 15) is 8.42 Å². The second-order valence-corrected chi connectivity index (χ2v) is 6.00. The van der Waals surface area contributed by atoms with E-state index in [0.29, 0.717) is 26.2 Å². The fourth-order valence-corrected chi connectivity index (χ4v) is 3.58. The van der Waals surface area contributed by atoms with Gasteiger partial charge in [-0.3, -0.25) is 0 Å². The van der Waals surface area contributed by atoms with Crippen LogP contribution in [0.25, 0.3) is 0 Å². The third-order valence-electron chi connectivity index (χ3n) is 3.04. The lowest BCUT2D eigenvalue weighted by molar-refractivity contribution is 0.143. The molecule has 6 heteroatoms. The van der Waals surface area contributed by atoms with Crippen LogP contribution in [0.15, 0.2) is 0 Å². The predicted molar refractivity (Wildman–Crippen MR) is 60.6 cm³/mol. The first-order valence-corrected chi connectivity index (χ1v) is 6.83. The largest absolute Gasteiger partial charge is 0.323 e. The van der Waals surface area contributed by atoms with Gasteiger partial charge in [0.2, 0.25) is 0 Å². The Morgan fingerprint density at radius 2 is 1.73 bits per heavy atom. The summed E-state index contributed by atoms with van der Waals surface area (Å²) in [7, 11) is -3.26. The van der Waals surface area contributed by atoms with Crippen LogP contribution in [0, 0.1) is 0 Å². The van der Waals surface area contributed by atoms with Crippen molar-refractivity contribution < 1.29 is 8.42 Å². The van der Waals surface area contributed by atoms with Gasteiger partial charge in [-0.2, -0.15) is 17.0 Å². The SMILES string of the molecule is CCN(CC)S(=O)(=O)N1CC(N)(CC)C1. The second kappa shape index (κ2) is 4.37. The summed E-state index contributed by atoms with van der Waals surface area (Å²) in [6.45, 7) is 7.59. The summed E-state index contributed by atoms with van der Waals surface area (Å²) in [5, 5.41) is 0. The minimum atomic E-state index is -3.26. The van der Waals surface area contributed by atoms with Crippen LogP contribution in [0.2, 0.25) is 0 Å². The summed E-state index contributed by atoms with van der Waals surface area (Å²) < 4.78 is 26.9. The zero-order valence-electron chi connectivity index (χ0n) is 9.73. The standard InChI is InChI=1S/C9H21N3O2S/c1-4-9(10)7-12(8-9)15(13,14)11(5-2)6-3/h4-8,10H2,1-3H3. The monoisotopic (exact) mass is 235 g/mol. The molecule has 0 spiro atoms. The van der Waals surface area contributed by atoms with Gasteiger partial charge < -0.3 is 5.73 Å². The van der Waals surface area contributed by atoms with Crippen LogP contribution in [0.3, 0.4) is 0 Å². The molecule has 0 aromatic heterocycles. The molecule has 0 atom stereocenters. The maximum Gasteiger partial charge on any atom is 0.282 e. The Morgan fingerprint density at radius 3 is 2.07 bits per heavy atom. The first-order chi connectivity index (χ1) is 6.89. The molecule has 0 saturated carbocycles. The molecule has 0 bridgehead atoms. The van der Waals surface area contributed by atoms with Gasteiger partial charge in [-0.25, -0.2) is 0 Å². The summed E-state index contributed by atoms with van der Waals surface area (Å²) in [5.41, 5.74) is 5.64. The maximum atomic E-state index is 12.0. The van der Waals surface area contributed by atoms with Crippen LogP contribution in [0.1, 0.15) is 27.2 Å². The molecule has 1 heterocycles. The minimum absolute atomic E-state index is 0.305. The third-order valence-corrected chi connectivity index (χ3v) is 5.12. The molecule has 15 heavy (non-hydrogen) atoms. The number of rotatable bonds is 5. The number of hydrogen-bond acceptors (Lipinski definition) is 3. The fourth-order valence-electron chi connectivity index (χ4n) is 1.76. The average Bonchev–Trinajstić information content (AvgIpc) is 2.14. The zero-order valence-corrected chi connectivity index (χ0v) is 10.5. The molecule has 1 aliphatic rings. The van der Waals surface area contributed by atoms with E-state index in [1.165, 1.54) is 8.61 Å². The lowest BCUT2D eigenvalue weighted by Crippen LogP contribution is -2.69. The highest BCUT2D eigenvalue weighted by Gasteiger charge is 2.45. The fraction of sp³-hybridized carbons (Fsp3) is 1.00. The number of nitrogens with zero attached hydrogens (tertiary/aromatic N) is 2. The van der Waals surface area contributed by atoms with E-state index in [4.69, 9.17) is 5.73 Å². The molecular weight excluding hydrogens is 214 g/mol. The number of nitrogens with two attached hydrogens (primary N) is 1. The average molecular weight is 235 g/mol. The summed E-state index contributed by atoms with van der Waals surface area (Å²) in [4.78, 5) is 0. The van der Waals surface area contributed by atoms with Crippen LogP contribution in [0.4, 0.5) is 0 Å². The van der Waals surface area contributed by atoms with Crippen molar-refractivity contribution in [3.8, 4) is 0 Å². The smallest absolute Gasteiger partial charge is 0.282 e. The Morgan fingerprint density at radius 1 is 1.27 bits per heavy atom. The minimum Gasteiger partial charge on any atom is -0.323 e. The Bertz CT molecular complexity index is 305. The van der Waals surface area contributed by atoms with Gasteiger partial charge >= 0.3 is 0 Å². The Hall–Kier alpha value is -0.170. The van der Waals surface area contributed by atoms with Crippen molar-refractivity contribution in [3.05, 3.63) is 0 Å². The summed E-state index contributed by atoms with van der Waals surface area (Å²) >= 11 is 0. The zero-order chi connectivity index (χ0) is 11.7. The normalized spacial score (nSPS) is 21.7. The molecule has 90 valence electrons. The second-order valence-electron chi connectivity index (χ2n) is 4.08. The van der Waals surface area contributed by atoms with Crippen molar-refractivity contribution in [1.29, 1.82) is 0 Å². The topological polar surface area (TPSA) is 66.6 Å². The van der Waals surface area contributed by atoms with Crippen LogP contribution < -0.4 is 5.73 Å². The van der Waals surface area contributed by atoms with E-state index in [0.717, 1.165) is 6.42 Å². The first-order valence-electron chi connectivity index (χ1n) is 5.43. The maximum absolute atomic E-state index is 12.0. The third kappa shape index (κ3) is 2.33. The van der Waals surface area contributed by atoms with Gasteiger partial charge in [-0.05, 0) is 6.42 Å². The lowest BCUT2D eigenvalue weighted by Gasteiger charge is -2.47. The molecule has 1 rings (SSSR count). The molecule has 2 N–H and O–H groups in total. The molecule has 0 aliphatic carbocycles. The van der Waals surface area contributed by atoms with Crippen molar-refractivity contribution in [2.45, 2.75) is 32.7 Å². The molecule has 1 aliphatic heterocycles. The summed E-state index contributed by atoms with van der Waals surface area (Å²) in [5.74, 6) is 0. The Kier molecular flexibility index (Phi) is 3.76.